The third kappa shape index (κ3) is 3.69. The van der Waals surface area contributed by atoms with Crippen molar-refractivity contribution < 1.29 is 5.11 Å². The Hall–Kier alpha value is -1.64. The highest BCUT2D eigenvalue weighted by molar-refractivity contribution is 5.30. The molecule has 0 spiro atoms. The van der Waals surface area contributed by atoms with Gasteiger partial charge in [0.05, 0.1) is 6.10 Å². The van der Waals surface area contributed by atoms with Crippen LogP contribution in [-0.4, -0.2) is 11.1 Å². The highest BCUT2D eigenvalue weighted by atomic mass is 16.3. The SMILES string of the molecule is Cc1ccc(C)c(CN[C@H](C)[C@@H](O)c2ccccc2)c1. The van der Waals surface area contributed by atoms with Gasteiger partial charge in [0.15, 0.2) is 0 Å². The van der Waals surface area contributed by atoms with Crippen LogP contribution in [0.3, 0.4) is 0 Å². The second-order valence-electron chi connectivity index (χ2n) is 5.46. The van der Waals surface area contributed by atoms with Crippen molar-refractivity contribution in [1.29, 1.82) is 0 Å². The Bertz CT molecular complexity index is 551. The number of aliphatic hydroxyl groups is 1. The average Bonchev–Trinajstić information content (AvgIpc) is 2.48. The summed E-state index contributed by atoms with van der Waals surface area (Å²) < 4.78 is 0. The van der Waals surface area contributed by atoms with E-state index in [0.29, 0.717) is 0 Å². The van der Waals surface area contributed by atoms with E-state index in [-0.39, 0.29) is 6.04 Å². The Balaban J connectivity index is 1.98. The summed E-state index contributed by atoms with van der Waals surface area (Å²) in [7, 11) is 0. The summed E-state index contributed by atoms with van der Waals surface area (Å²) in [6, 6.07) is 16.3. The van der Waals surface area contributed by atoms with Gasteiger partial charge in [-0.05, 0) is 37.5 Å². The van der Waals surface area contributed by atoms with Crippen molar-refractivity contribution in [3.63, 3.8) is 0 Å². The third-order valence-corrected chi connectivity index (χ3v) is 3.73. The molecule has 2 rings (SSSR count). The molecular weight excluding hydrogens is 246 g/mol. The van der Waals surface area contributed by atoms with E-state index in [0.717, 1.165) is 12.1 Å². The molecule has 0 aliphatic carbocycles. The van der Waals surface area contributed by atoms with Crippen molar-refractivity contribution in [2.24, 2.45) is 0 Å². The minimum Gasteiger partial charge on any atom is -0.387 e. The fraction of sp³-hybridized carbons (Fsp3) is 0.333. The van der Waals surface area contributed by atoms with Crippen molar-refractivity contribution in [3.8, 4) is 0 Å². The van der Waals surface area contributed by atoms with E-state index in [1.807, 2.05) is 37.3 Å². The molecule has 0 saturated heterocycles. The van der Waals surface area contributed by atoms with Gasteiger partial charge in [0, 0.05) is 12.6 Å². The van der Waals surface area contributed by atoms with E-state index in [1.165, 1.54) is 16.7 Å². The molecule has 2 aromatic carbocycles. The second-order valence-corrected chi connectivity index (χ2v) is 5.46. The van der Waals surface area contributed by atoms with Crippen molar-refractivity contribution in [2.75, 3.05) is 0 Å². The van der Waals surface area contributed by atoms with E-state index in [1.54, 1.807) is 0 Å². The first-order valence-electron chi connectivity index (χ1n) is 7.10. The highest BCUT2D eigenvalue weighted by Gasteiger charge is 2.15. The lowest BCUT2D eigenvalue weighted by molar-refractivity contribution is 0.135. The van der Waals surface area contributed by atoms with Crippen LogP contribution in [0.2, 0.25) is 0 Å². The molecule has 0 amide bonds. The van der Waals surface area contributed by atoms with Crippen LogP contribution in [0, 0.1) is 13.8 Å². The maximum Gasteiger partial charge on any atom is 0.0940 e. The minimum atomic E-state index is -0.485. The molecule has 0 heterocycles. The van der Waals surface area contributed by atoms with Crippen molar-refractivity contribution in [3.05, 3.63) is 70.8 Å². The van der Waals surface area contributed by atoms with Gasteiger partial charge in [0.25, 0.3) is 0 Å². The number of aryl methyl sites for hydroxylation is 2. The van der Waals surface area contributed by atoms with E-state index < -0.39 is 6.10 Å². The smallest absolute Gasteiger partial charge is 0.0940 e. The van der Waals surface area contributed by atoms with Gasteiger partial charge in [0.2, 0.25) is 0 Å². The van der Waals surface area contributed by atoms with Gasteiger partial charge in [-0.3, -0.25) is 0 Å². The zero-order chi connectivity index (χ0) is 14.5. The average molecular weight is 269 g/mol. The third-order valence-electron chi connectivity index (χ3n) is 3.73. The molecule has 2 nitrogen and oxygen atoms in total. The van der Waals surface area contributed by atoms with Crippen LogP contribution in [0.25, 0.3) is 0 Å². The van der Waals surface area contributed by atoms with Crippen LogP contribution in [0.4, 0.5) is 0 Å². The van der Waals surface area contributed by atoms with Crippen molar-refractivity contribution >= 4 is 0 Å². The van der Waals surface area contributed by atoms with Gasteiger partial charge < -0.3 is 10.4 Å². The summed E-state index contributed by atoms with van der Waals surface area (Å²) in [6.07, 6.45) is -0.485. The largest absolute Gasteiger partial charge is 0.387 e. The predicted molar refractivity (Wildman–Crippen MR) is 83.6 cm³/mol. The molecule has 0 unspecified atom stereocenters. The fourth-order valence-electron chi connectivity index (χ4n) is 2.31. The molecule has 0 bridgehead atoms. The molecule has 0 aromatic heterocycles. The molecule has 2 atom stereocenters. The molecular formula is C18H23NO. The first-order valence-corrected chi connectivity index (χ1v) is 7.10. The lowest BCUT2D eigenvalue weighted by Crippen LogP contribution is -2.31. The molecule has 106 valence electrons. The Labute approximate surface area is 121 Å². The molecule has 2 aromatic rings. The zero-order valence-corrected chi connectivity index (χ0v) is 12.4. The van der Waals surface area contributed by atoms with Crippen molar-refractivity contribution in [2.45, 2.75) is 39.5 Å². The summed E-state index contributed by atoms with van der Waals surface area (Å²) in [6.45, 7) is 7.02. The number of rotatable bonds is 5. The molecule has 0 aliphatic heterocycles. The topological polar surface area (TPSA) is 32.3 Å². The number of nitrogens with one attached hydrogen (secondary N) is 1. The fourth-order valence-corrected chi connectivity index (χ4v) is 2.31. The molecule has 20 heavy (non-hydrogen) atoms. The van der Waals surface area contributed by atoms with E-state index >= 15 is 0 Å². The van der Waals surface area contributed by atoms with Gasteiger partial charge >= 0.3 is 0 Å². The number of aliphatic hydroxyl groups excluding tert-OH is 1. The van der Waals surface area contributed by atoms with Crippen LogP contribution < -0.4 is 5.32 Å². The van der Waals surface area contributed by atoms with Gasteiger partial charge in [-0.25, -0.2) is 0 Å². The van der Waals surface area contributed by atoms with E-state index in [4.69, 9.17) is 0 Å². The maximum atomic E-state index is 10.3. The Morgan fingerprint density at radius 3 is 2.45 bits per heavy atom. The first-order chi connectivity index (χ1) is 9.58. The lowest BCUT2D eigenvalue weighted by atomic mass is 10.0. The normalized spacial score (nSPS) is 14.0. The Morgan fingerprint density at radius 2 is 1.75 bits per heavy atom. The van der Waals surface area contributed by atoms with Crippen LogP contribution in [0.5, 0.6) is 0 Å². The maximum absolute atomic E-state index is 10.3. The quantitative estimate of drug-likeness (QED) is 0.870. The highest BCUT2D eigenvalue weighted by Crippen LogP contribution is 2.17. The lowest BCUT2D eigenvalue weighted by Gasteiger charge is -2.21. The van der Waals surface area contributed by atoms with Gasteiger partial charge in [-0.1, -0.05) is 54.1 Å². The van der Waals surface area contributed by atoms with Crippen molar-refractivity contribution in [1.82, 2.24) is 5.32 Å². The first kappa shape index (κ1) is 14.8. The number of hydrogen-bond acceptors (Lipinski definition) is 2. The van der Waals surface area contributed by atoms with Crippen LogP contribution in [-0.2, 0) is 6.54 Å². The minimum absolute atomic E-state index is 0.0114. The summed E-state index contributed by atoms with van der Waals surface area (Å²) >= 11 is 0. The van der Waals surface area contributed by atoms with Gasteiger partial charge in [-0.15, -0.1) is 0 Å². The van der Waals surface area contributed by atoms with Crippen LogP contribution in [0.1, 0.15) is 35.3 Å². The van der Waals surface area contributed by atoms with Gasteiger partial charge in [-0.2, -0.15) is 0 Å². The standard InChI is InChI=1S/C18H23NO/c1-13-9-10-14(2)17(11-13)12-19-15(3)18(20)16-7-5-4-6-8-16/h4-11,15,18-20H,12H2,1-3H3/t15-,18-/m1/s1. The number of hydrogen-bond donors (Lipinski definition) is 2. The Morgan fingerprint density at radius 1 is 1.05 bits per heavy atom. The molecule has 0 saturated carbocycles. The molecule has 0 radical (unpaired) electrons. The molecule has 0 aliphatic rings. The molecule has 2 N–H and O–H groups in total. The molecule has 0 fully saturated rings. The zero-order valence-electron chi connectivity index (χ0n) is 12.4. The Kier molecular flexibility index (Phi) is 4.94. The molecule has 2 heteroatoms. The monoisotopic (exact) mass is 269 g/mol. The summed E-state index contributed by atoms with van der Waals surface area (Å²) in [5.41, 5.74) is 4.79. The second kappa shape index (κ2) is 6.69. The number of benzene rings is 2. The van der Waals surface area contributed by atoms with Gasteiger partial charge in [0.1, 0.15) is 0 Å². The van der Waals surface area contributed by atoms with Crippen LogP contribution in [0.15, 0.2) is 48.5 Å². The summed E-state index contributed by atoms with van der Waals surface area (Å²) in [5.74, 6) is 0. The van der Waals surface area contributed by atoms with E-state index in [9.17, 15) is 5.11 Å². The summed E-state index contributed by atoms with van der Waals surface area (Å²) in [5, 5.41) is 13.7. The predicted octanol–water partition coefficient (Wildman–Crippen LogP) is 3.52. The van der Waals surface area contributed by atoms with E-state index in [2.05, 4.69) is 37.4 Å². The summed E-state index contributed by atoms with van der Waals surface area (Å²) in [4.78, 5) is 0. The van der Waals surface area contributed by atoms with Crippen LogP contribution >= 0.6 is 0 Å².